The van der Waals surface area contributed by atoms with Gasteiger partial charge in [0.2, 0.25) is 11.8 Å². The summed E-state index contributed by atoms with van der Waals surface area (Å²) < 4.78 is 40.7. The number of aryl methyl sites for hydroxylation is 1. The Balaban J connectivity index is 1.61. The fourth-order valence-electron chi connectivity index (χ4n) is 6.10. The van der Waals surface area contributed by atoms with E-state index in [-0.39, 0.29) is 41.2 Å². The molecule has 0 spiro atoms. The number of nitrogens with one attached hydrogen (secondary N) is 1. The largest absolute Gasteiger partial charge is 0.493 e. The Bertz CT molecular complexity index is 1900. The Hall–Kier alpha value is -4.25. The van der Waals surface area contributed by atoms with Crippen LogP contribution in [0.25, 0.3) is 0 Å². The summed E-state index contributed by atoms with van der Waals surface area (Å²) in [4.78, 5) is 30.4. The lowest BCUT2D eigenvalue weighted by Gasteiger charge is -2.34. The highest BCUT2D eigenvalue weighted by Crippen LogP contribution is 2.34. The lowest BCUT2D eigenvalue weighted by atomic mass is 10.0. The number of methoxy groups -OCH3 is 2. The molecule has 50 heavy (non-hydrogen) atoms. The van der Waals surface area contributed by atoms with Gasteiger partial charge in [0.25, 0.3) is 10.0 Å². The molecule has 12 heteroatoms. The number of halogens is 2. The zero-order valence-corrected chi connectivity index (χ0v) is 30.6. The maximum Gasteiger partial charge on any atom is 0.264 e. The maximum absolute atomic E-state index is 14.8. The van der Waals surface area contributed by atoms with E-state index in [4.69, 9.17) is 32.7 Å². The molecular formula is C38H41Cl2N3O6S. The molecule has 1 aliphatic carbocycles. The third kappa shape index (κ3) is 8.91. The molecule has 0 aromatic heterocycles. The van der Waals surface area contributed by atoms with Gasteiger partial charge in [0, 0.05) is 25.1 Å². The van der Waals surface area contributed by atoms with Crippen LogP contribution in [0.2, 0.25) is 10.0 Å². The molecule has 4 aromatic rings. The number of hydrogen-bond acceptors (Lipinski definition) is 6. The summed E-state index contributed by atoms with van der Waals surface area (Å²) >= 11 is 12.6. The molecule has 9 nitrogen and oxygen atoms in total. The number of carbonyl (C=O) groups excluding carboxylic acids is 2. The van der Waals surface area contributed by atoms with Gasteiger partial charge in [0.15, 0.2) is 11.5 Å². The number of rotatable bonds is 14. The van der Waals surface area contributed by atoms with Crippen LogP contribution in [0.4, 0.5) is 5.69 Å². The molecule has 1 fully saturated rings. The van der Waals surface area contributed by atoms with Crippen LogP contribution in [-0.4, -0.2) is 58.0 Å². The summed E-state index contributed by atoms with van der Waals surface area (Å²) in [6.45, 7) is 1.21. The first-order valence-corrected chi connectivity index (χ1v) is 18.6. The van der Waals surface area contributed by atoms with Crippen LogP contribution in [0.1, 0.15) is 42.4 Å². The number of carbonyl (C=O) groups is 2. The van der Waals surface area contributed by atoms with Crippen LogP contribution in [0.5, 0.6) is 11.5 Å². The monoisotopic (exact) mass is 737 g/mol. The fourth-order valence-corrected chi connectivity index (χ4v) is 7.83. The Morgan fingerprint density at radius 1 is 0.840 bits per heavy atom. The summed E-state index contributed by atoms with van der Waals surface area (Å²) in [6, 6.07) is 24.5. The van der Waals surface area contributed by atoms with Gasteiger partial charge in [-0.25, -0.2) is 8.42 Å². The number of nitrogens with zero attached hydrogens (tertiary/aromatic N) is 2. The minimum absolute atomic E-state index is 0.00142. The second-order valence-electron chi connectivity index (χ2n) is 12.3. The van der Waals surface area contributed by atoms with Crippen LogP contribution in [0.15, 0.2) is 95.9 Å². The topological polar surface area (TPSA) is 105 Å². The van der Waals surface area contributed by atoms with E-state index in [1.807, 2.05) is 37.3 Å². The molecule has 0 unspecified atom stereocenters. The SMILES string of the molecule is COc1ccc(N(CC(=O)N(Cc2ccc(Cl)c(Cl)c2)[C@@H](Cc2ccccc2)C(=O)NC2CCCC2)S(=O)(=O)c2ccc(C)cc2)cc1OC. The van der Waals surface area contributed by atoms with E-state index in [2.05, 4.69) is 5.32 Å². The number of sulfonamides is 1. The molecule has 0 bridgehead atoms. The predicted octanol–water partition coefficient (Wildman–Crippen LogP) is 7.21. The third-order valence-electron chi connectivity index (χ3n) is 8.85. The fraction of sp³-hybridized carbons (Fsp3) is 0.316. The Labute approximate surface area is 304 Å². The average molecular weight is 739 g/mol. The normalized spacial score (nSPS) is 13.8. The molecule has 1 N–H and O–H groups in total. The van der Waals surface area contributed by atoms with Crippen LogP contribution in [-0.2, 0) is 32.6 Å². The molecule has 0 heterocycles. The zero-order chi connectivity index (χ0) is 35.8. The molecular weight excluding hydrogens is 697 g/mol. The molecule has 264 valence electrons. The van der Waals surface area contributed by atoms with Gasteiger partial charge in [0.05, 0.1) is 34.8 Å². The van der Waals surface area contributed by atoms with Crippen molar-refractivity contribution in [3.05, 3.63) is 118 Å². The lowest BCUT2D eigenvalue weighted by Crippen LogP contribution is -2.54. The Morgan fingerprint density at radius 2 is 1.52 bits per heavy atom. The maximum atomic E-state index is 14.8. The van der Waals surface area contributed by atoms with Crippen molar-refractivity contribution in [2.45, 2.75) is 62.6 Å². The van der Waals surface area contributed by atoms with Gasteiger partial charge < -0.3 is 19.7 Å². The van der Waals surface area contributed by atoms with Crippen molar-refractivity contribution in [2.75, 3.05) is 25.1 Å². The summed E-state index contributed by atoms with van der Waals surface area (Å²) in [5.74, 6) is -0.229. The molecule has 1 saturated carbocycles. The molecule has 5 rings (SSSR count). The van der Waals surface area contributed by atoms with Crippen molar-refractivity contribution in [1.29, 1.82) is 0 Å². The van der Waals surface area contributed by atoms with E-state index in [0.717, 1.165) is 41.1 Å². The highest BCUT2D eigenvalue weighted by atomic mass is 35.5. The summed E-state index contributed by atoms with van der Waals surface area (Å²) in [6.07, 6.45) is 3.93. The van der Waals surface area contributed by atoms with Crippen LogP contribution >= 0.6 is 23.2 Å². The minimum Gasteiger partial charge on any atom is -0.493 e. The minimum atomic E-state index is -4.30. The standard InChI is InChI=1S/C38H41Cl2N3O6S/c1-26-13-17-31(18-14-26)50(46,47)43(30-16-20-35(48-2)36(23-30)49-3)25-37(44)42(24-28-15-19-32(39)33(40)21-28)34(22-27-9-5-4-6-10-27)38(45)41-29-11-7-8-12-29/h4-6,9-10,13-21,23,29,34H,7-8,11-12,22,24-25H2,1-3H3,(H,41,45)/t34-/m0/s1. The number of amides is 2. The number of hydrogen-bond donors (Lipinski definition) is 1. The molecule has 0 radical (unpaired) electrons. The van der Waals surface area contributed by atoms with E-state index in [9.17, 15) is 18.0 Å². The third-order valence-corrected chi connectivity index (χ3v) is 11.4. The first-order valence-electron chi connectivity index (χ1n) is 16.4. The second kappa shape index (κ2) is 16.6. The van der Waals surface area contributed by atoms with E-state index in [1.165, 1.54) is 37.3 Å². The zero-order valence-electron chi connectivity index (χ0n) is 28.3. The van der Waals surface area contributed by atoms with Crippen LogP contribution < -0.4 is 19.1 Å². The molecule has 0 aliphatic heterocycles. The highest BCUT2D eigenvalue weighted by molar-refractivity contribution is 7.92. The van der Waals surface area contributed by atoms with E-state index < -0.39 is 28.5 Å². The quantitative estimate of drug-likeness (QED) is 0.147. The van der Waals surface area contributed by atoms with Crippen molar-refractivity contribution < 1.29 is 27.5 Å². The molecule has 4 aromatic carbocycles. The number of anilines is 1. The van der Waals surface area contributed by atoms with Crippen molar-refractivity contribution in [2.24, 2.45) is 0 Å². The summed E-state index contributed by atoms with van der Waals surface area (Å²) in [7, 11) is -1.38. The molecule has 0 saturated heterocycles. The molecule has 2 amide bonds. The van der Waals surface area contributed by atoms with Gasteiger partial charge in [-0.2, -0.15) is 0 Å². The van der Waals surface area contributed by atoms with Gasteiger partial charge in [-0.1, -0.05) is 90.1 Å². The summed E-state index contributed by atoms with van der Waals surface area (Å²) in [5, 5.41) is 3.81. The van der Waals surface area contributed by atoms with Crippen molar-refractivity contribution in [3.8, 4) is 11.5 Å². The van der Waals surface area contributed by atoms with Crippen molar-refractivity contribution in [3.63, 3.8) is 0 Å². The molecule has 1 aliphatic rings. The average Bonchev–Trinajstić information content (AvgIpc) is 3.63. The van der Waals surface area contributed by atoms with Crippen LogP contribution in [0, 0.1) is 6.92 Å². The Kier molecular flexibility index (Phi) is 12.3. The first kappa shape index (κ1) is 37.0. The number of ether oxygens (including phenoxy) is 2. The van der Waals surface area contributed by atoms with E-state index in [1.54, 1.807) is 42.5 Å². The smallest absolute Gasteiger partial charge is 0.264 e. The van der Waals surface area contributed by atoms with Gasteiger partial charge in [0.1, 0.15) is 12.6 Å². The van der Waals surface area contributed by atoms with Crippen molar-refractivity contribution >= 4 is 50.7 Å². The van der Waals surface area contributed by atoms with E-state index >= 15 is 0 Å². The predicted molar refractivity (Wildman–Crippen MR) is 197 cm³/mol. The van der Waals surface area contributed by atoms with Crippen molar-refractivity contribution in [1.82, 2.24) is 10.2 Å². The lowest BCUT2D eigenvalue weighted by molar-refractivity contribution is -0.140. The van der Waals surface area contributed by atoms with Gasteiger partial charge in [-0.15, -0.1) is 0 Å². The van der Waals surface area contributed by atoms with Gasteiger partial charge in [-0.3, -0.25) is 13.9 Å². The van der Waals surface area contributed by atoms with Gasteiger partial charge >= 0.3 is 0 Å². The highest BCUT2D eigenvalue weighted by Gasteiger charge is 2.36. The van der Waals surface area contributed by atoms with Gasteiger partial charge in [-0.05, 0) is 67.3 Å². The Morgan fingerprint density at radius 3 is 2.16 bits per heavy atom. The number of benzene rings is 4. The molecule has 1 atom stereocenters. The first-order chi connectivity index (χ1) is 24.0. The summed E-state index contributed by atoms with van der Waals surface area (Å²) in [5.41, 5.74) is 2.53. The van der Waals surface area contributed by atoms with E-state index in [0.29, 0.717) is 21.4 Å². The second-order valence-corrected chi connectivity index (χ2v) is 15.0. The van der Waals surface area contributed by atoms with Crippen LogP contribution in [0.3, 0.4) is 0 Å².